The lowest BCUT2D eigenvalue weighted by atomic mass is 10.1. The fourth-order valence-electron chi connectivity index (χ4n) is 2.03. The average Bonchev–Trinajstić information content (AvgIpc) is 2.72. The number of aromatic amines is 1. The number of hydrogen-bond donors (Lipinski definition) is 1. The summed E-state index contributed by atoms with van der Waals surface area (Å²) in [5, 5.41) is 0.634. The number of fused-ring (bicyclic) bond motifs is 1. The van der Waals surface area contributed by atoms with Gasteiger partial charge in [0.25, 0.3) is 0 Å². The molecule has 0 aliphatic carbocycles. The average molecular weight is 279 g/mol. The van der Waals surface area contributed by atoms with E-state index in [1.54, 1.807) is 6.07 Å². The summed E-state index contributed by atoms with van der Waals surface area (Å²) < 4.78 is 26.3. The number of benzene rings is 2. The number of hydrogen-bond acceptors (Lipinski definition) is 1. The van der Waals surface area contributed by atoms with Gasteiger partial charge < -0.3 is 4.98 Å². The van der Waals surface area contributed by atoms with E-state index < -0.39 is 11.6 Å². The molecule has 0 aliphatic rings. The van der Waals surface area contributed by atoms with E-state index in [-0.39, 0.29) is 0 Å². The number of imidazole rings is 1. The highest BCUT2D eigenvalue weighted by molar-refractivity contribution is 6.30. The van der Waals surface area contributed by atoms with Crippen molar-refractivity contribution in [2.45, 2.75) is 6.92 Å². The smallest absolute Gasteiger partial charge is 0.161 e. The van der Waals surface area contributed by atoms with Crippen LogP contribution in [0.5, 0.6) is 0 Å². The highest BCUT2D eigenvalue weighted by Gasteiger charge is 2.11. The minimum atomic E-state index is -0.904. The Labute approximate surface area is 113 Å². The maximum atomic E-state index is 13.2. The number of aryl methyl sites for hydroxylation is 1. The molecule has 0 fully saturated rings. The van der Waals surface area contributed by atoms with Gasteiger partial charge >= 0.3 is 0 Å². The van der Waals surface area contributed by atoms with Gasteiger partial charge in [-0.25, -0.2) is 13.8 Å². The summed E-state index contributed by atoms with van der Waals surface area (Å²) in [4.78, 5) is 7.25. The van der Waals surface area contributed by atoms with Crippen LogP contribution in [-0.4, -0.2) is 9.97 Å². The summed E-state index contributed by atoms with van der Waals surface area (Å²) >= 11 is 5.89. The molecule has 1 aromatic heterocycles. The highest BCUT2D eigenvalue weighted by Crippen LogP contribution is 2.26. The van der Waals surface area contributed by atoms with Crippen LogP contribution in [0.1, 0.15) is 5.56 Å². The molecule has 3 rings (SSSR count). The third kappa shape index (κ3) is 2.08. The van der Waals surface area contributed by atoms with Gasteiger partial charge in [-0.2, -0.15) is 0 Å². The predicted octanol–water partition coefficient (Wildman–Crippen LogP) is 4.47. The number of halogens is 3. The zero-order valence-corrected chi connectivity index (χ0v) is 10.7. The molecule has 5 heteroatoms. The lowest BCUT2D eigenvalue weighted by Crippen LogP contribution is -1.84. The van der Waals surface area contributed by atoms with Crippen LogP contribution in [0.4, 0.5) is 8.78 Å². The zero-order chi connectivity index (χ0) is 13.6. The second-order valence-corrected chi connectivity index (χ2v) is 4.76. The maximum absolute atomic E-state index is 13.2. The fourth-order valence-corrected chi connectivity index (χ4v) is 2.25. The van der Waals surface area contributed by atoms with E-state index in [1.807, 2.05) is 19.1 Å². The van der Waals surface area contributed by atoms with Crippen molar-refractivity contribution >= 4 is 22.6 Å². The molecule has 3 aromatic rings. The topological polar surface area (TPSA) is 28.7 Å². The van der Waals surface area contributed by atoms with Crippen molar-refractivity contribution in [3.63, 3.8) is 0 Å². The van der Waals surface area contributed by atoms with Gasteiger partial charge in [0.2, 0.25) is 0 Å². The van der Waals surface area contributed by atoms with Crippen LogP contribution < -0.4 is 0 Å². The maximum Gasteiger partial charge on any atom is 0.161 e. The largest absolute Gasteiger partial charge is 0.338 e. The normalized spacial score (nSPS) is 11.2. The quantitative estimate of drug-likeness (QED) is 0.699. The molecule has 1 heterocycles. The molecular formula is C14H9ClF2N2. The first kappa shape index (κ1) is 12.1. The van der Waals surface area contributed by atoms with E-state index in [2.05, 4.69) is 9.97 Å². The molecule has 19 heavy (non-hydrogen) atoms. The van der Waals surface area contributed by atoms with Gasteiger partial charge in [-0.3, -0.25) is 0 Å². The number of rotatable bonds is 1. The van der Waals surface area contributed by atoms with E-state index >= 15 is 0 Å². The van der Waals surface area contributed by atoms with Crippen LogP contribution in [-0.2, 0) is 0 Å². The Morgan fingerprint density at radius 2 is 1.84 bits per heavy atom. The Hall–Kier alpha value is -1.94. The highest BCUT2D eigenvalue weighted by atomic mass is 35.5. The van der Waals surface area contributed by atoms with Crippen molar-refractivity contribution in [2.75, 3.05) is 0 Å². The first-order chi connectivity index (χ1) is 9.04. The van der Waals surface area contributed by atoms with Crippen LogP contribution in [0.15, 0.2) is 30.3 Å². The van der Waals surface area contributed by atoms with Gasteiger partial charge in [-0.05, 0) is 30.7 Å². The predicted molar refractivity (Wildman–Crippen MR) is 71.2 cm³/mol. The summed E-state index contributed by atoms with van der Waals surface area (Å²) in [5.74, 6) is -1.23. The van der Waals surface area contributed by atoms with Crippen LogP contribution in [0.2, 0.25) is 5.02 Å². The van der Waals surface area contributed by atoms with Gasteiger partial charge in [0.05, 0.1) is 11.0 Å². The second kappa shape index (κ2) is 4.31. The van der Waals surface area contributed by atoms with Crippen LogP contribution in [0.3, 0.4) is 0 Å². The lowest BCUT2D eigenvalue weighted by molar-refractivity contribution is 0.510. The van der Waals surface area contributed by atoms with Crippen molar-refractivity contribution < 1.29 is 8.78 Å². The van der Waals surface area contributed by atoms with E-state index in [0.717, 1.165) is 23.3 Å². The standard InChI is InChI=1S/C14H9ClF2N2/c1-7-4-8(15)2-3-9(7)14-18-12-5-10(16)11(17)6-13(12)19-14/h2-6H,1H3,(H,18,19). The lowest BCUT2D eigenvalue weighted by Gasteiger charge is -2.02. The Balaban J connectivity index is 2.20. The molecule has 2 aromatic carbocycles. The summed E-state index contributed by atoms with van der Waals surface area (Å²) in [7, 11) is 0. The summed E-state index contributed by atoms with van der Waals surface area (Å²) in [5.41, 5.74) is 2.64. The van der Waals surface area contributed by atoms with Crippen LogP contribution in [0.25, 0.3) is 22.4 Å². The number of H-pyrrole nitrogens is 1. The Bertz CT molecular complexity index is 741. The number of aromatic nitrogens is 2. The Morgan fingerprint density at radius 1 is 1.11 bits per heavy atom. The minimum absolute atomic E-state index is 0.392. The first-order valence-corrected chi connectivity index (χ1v) is 6.03. The third-order valence-corrected chi connectivity index (χ3v) is 3.20. The van der Waals surface area contributed by atoms with Crippen molar-refractivity contribution in [1.82, 2.24) is 9.97 Å². The molecular weight excluding hydrogens is 270 g/mol. The molecule has 2 nitrogen and oxygen atoms in total. The van der Waals surface area contributed by atoms with E-state index in [0.29, 0.717) is 21.9 Å². The number of nitrogens with one attached hydrogen (secondary N) is 1. The third-order valence-electron chi connectivity index (χ3n) is 2.97. The van der Waals surface area contributed by atoms with Gasteiger partial charge in [0, 0.05) is 22.7 Å². The van der Waals surface area contributed by atoms with Crippen molar-refractivity contribution in [1.29, 1.82) is 0 Å². The Morgan fingerprint density at radius 3 is 2.58 bits per heavy atom. The van der Waals surface area contributed by atoms with Crippen LogP contribution >= 0.6 is 11.6 Å². The first-order valence-electron chi connectivity index (χ1n) is 5.66. The number of nitrogens with zero attached hydrogens (tertiary/aromatic N) is 1. The molecule has 0 spiro atoms. The summed E-state index contributed by atoms with van der Waals surface area (Å²) in [6.45, 7) is 1.90. The molecule has 0 bridgehead atoms. The summed E-state index contributed by atoms with van der Waals surface area (Å²) in [6, 6.07) is 7.56. The molecule has 0 amide bonds. The molecule has 0 aliphatic heterocycles. The zero-order valence-electron chi connectivity index (χ0n) is 9.97. The fraction of sp³-hybridized carbons (Fsp3) is 0.0714. The molecule has 0 unspecified atom stereocenters. The molecule has 0 saturated heterocycles. The molecule has 0 atom stereocenters. The van der Waals surface area contributed by atoms with E-state index in [9.17, 15) is 8.78 Å². The van der Waals surface area contributed by atoms with Gasteiger partial charge in [0.15, 0.2) is 11.6 Å². The van der Waals surface area contributed by atoms with E-state index in [1.165, 1.54) is 0 Å². The monoisotopic (exact) mass is 278 g/mol. The molecule has 1 N–H and O–H groups in total. The molecule has 0 radical (unpaired) electrons. The SMILES string of the molecule is Cc1cc(Cl)ccc1-c1nc2cc(F)c(F)cc2[nH]1. The van der Waals surface area contributed by atoms with Gasteiger partial charge in [-0.1, -0.05) is 11.6 Å². The van der Waals surface area contributed by atoms with Crippen molar-refractivity contribution in [2.24, 2.45) is 0 Å². The van der Waals surface area contributed by atoms with Crippen molar-refractivity contribution in [3.8, 4) is 11.4 Å². The summed E-state index contributed by atoms with van der Waals surface area (Å²) in [6.07, 6.45) is 0. The molecule has 96 valence electrons. The Kier molecular flexibility index (Phi) is 2.75. The van der Waals surface area contributed by atoms with Crippen molar-refractivity contribution in [3.05, 3.63) is 52.6 Å². The van der Waals surface area contributed by atoms with Crippen LogP contribution in [0, 0.1) is 18.6 Å². The second-order valence-electron chi connectivity index (χ2n) is 4.33. The van der Waals surface area contributed by atoms with Gasteiger partial charge in [0.1, 0.15) is 5.82 Å². The van der Waals surface area contributed by atoms with Gasteiger partial charge in [-0.15, -0.1) is 0 Å². The van der Waals surface area contributed by atoms with E-state index in [4.69, 9.17) is 11.6 Å². The molecule has 0 saturated carbocycles. The minimum Gasteiger partial charge on any atom is -0.338 e.